The molecule has 1 atom stereocenters. The Balaban J connectivity index is 1.40. The largest absolute Gasteiger partial charge is 0.573 e. The van der Waals surface area contributed by atoms with Gasteiger partial charge in [-0.3, -0.25) is 0 Å². The molecule has 3 aromatic rings. The van der Waals surface area contributed by atoms with E-state index in [0.717, 1.165) is 35.4 Å². The number of hydrogen-bond acceptors (Lipinski definition) is 6. The highest BCUT2D eigenvalue weighted by molar-refractivity contribution is 6.03. The number of aromatic nitrogens is 2. The van der Waals surface area contributed by atoms with Gasteiger partial charge in [0.15, 0.2) is 5.84 Å². The number of fused-ring (bicyclic) bond motifs is 1. The van der Waals surface area contributed by atoms with E-state index < -0.39 is 12.1 Å². The summed E-state index contributed by atoms with van der Waals surface area (Å²) in [5.41, 5.74) is 3.50. The van der Waals surface area contributed by atoms with E-state index >= 15 is 0 Å². The van der Waals surface area contributed by atoms with Crippen LogP contribution in [0.15, 0.2) is 65.7 Å². The number of aryl methyl sites for hydroxylation is 1. The number of hydrogen-bond donors (Lipinski definition) is 0. The summed E-state index contributed by atoms with van der Waals surface area (Å²) in [4.78, 5) is 12.2. The number of imidazole rings is 1. The monoisotopic (exact) mass is 498 g/mol. The molecule has 2 aliphatic heterocycles. The minimum absolute atomic E-state index is 0.281. The fourth-order valence-corrected chi connectivity index (χ4v) is 4.59. The first-order valence-electron chi connectivity index (χ1n) is 11.5. The zero-order chi connectivity index (χ0) is 25.5. The molecule has 0 amide bonds. The number of oxime groups is 1. The second-order valence-corrected chi connectivity index (χ2v) is 8.84. The van der Waals surface area contributed by atoms with Crippen molar-refractivity contribution in [3.05, 3.63) is 77.4 Å². The van der Waals surface area contributed by atoms with Crippen molar-refractivity contribution in [3.8, 4) is 17.2 Å². The molecule has 0 aliphatic carbocycles. The highest BCUT2D eigenvalue weighted by Crippen LogP contribution is 2.41. The molecule has 0 spiro atoms. The van der Waals surface area contributed by atoms with Crippen LogP contribution in [0, 0.1) is 6.92 Å². The Labute approximate surface area is 206 Å². The number of rotatable bonds is 5. The highest BCUT2D eigenvalue weighted by Gasteiger charge is 2.45. The minimum Gasteiger partial charge on any atom is -0.495 e. The van der Waals surface area contributed by atoms with Gasteiger partial charge in [0.05, 0.1) is 24.8 Å². The normalized spacial score (nSPS) is 20.7. The number of ether oxygens (including phenoxy) is 2. The van der Waals surface area contributed by atoms with E-state index in [1.54, 1.807) is 25.6 Å². The lowest BCUT2D eigenvalue weighted by atomic mass is 9.95. The Bertz CT molecular complexity index is 1330. The Morgan fingerprint density at radius 3 is 2.58 bits per heavy atom. The predicted molar refractivity (Wildman–Crippen MR) is 128 cm³/mol. The molecule has 36 heavy (non-hydrogen) atoms. The third-order valence-electron chi connectivity index (χ3n) is 6.35. The smallest absolute Gasteiger partial charge is 0.495 e. The van der Waals surface area contributed by atoms with Gasteiger partial charge in [0.2, 0.25) is 5.72 Å². The van der Waals surface area contributed by atoms with Crippen molar-refractivity contribution in [2.24, 2.45) is 5.16 Å². The van der Waals surface area contributed by atoms with Crippen molar-refractivity contribution in [3.63, 3.8) is 0 Å². The molecular formula is C26H25F3N4O3. The molecule has 0 bridgehead atoms. The second-order valence-electron chi connectivity index (χ2n) is 8.84. The zero-order valence-electron chi connectivity index (χ0n) is 20.0. The Kier molecular flexibility index (Phi) is 5.89. The van der Waals surface area contributed by atoms with E-state index in [9.17, 15) is 13.2 Å². The number of halogens is 3. The molecule has 1 fully saturated rings. The van der Waals surface area contributed by atoms with Gasteiger partial charge in [-0.05, 0) is 73.4 Å². The summed E-state index contributed by atoms with van der Waals surface area (Å²) in [6, 6.07) is 11.7. The molecule has 5 rings (SSSR count). The van der Waals surface area contributed by atoms with Gasteiger partial charge in [0.25, 0.3) is 0 Å². The number of alkyl halides is 3. The topological polar surface area (TPSA) is 61.1 Å². The van der Waals surface area contributed by atoms with Crippen LogP contribution in [-0.2, 0) is 10.6 Å². The van der Waals surface area contributed by atoms with E-state index in [1.807, 2.05) is 47.7 Å². The maximum absolute atomic E-state index is 12.5. The molecule has 3 heterocycles. The standard InChI is InChI=1S/C26H25F3N4O3/c1-17-15-32(16-30-17)22-11-6-18(14-23(22)34-3)13-19-5-4-12-33-24(19)31-36-25(33,2)20-7-9-21(10-8-20)35-26(27,28)29/h6-11,13-16H,4-5,12H2,1-3H3/b19-13+. The van der Waals surface area contributed by atoms with Crippen molar-refractivity contribution in [1.82, 2.24) is 14.5 Å². The molecule has 10 heteroatoms. The van der Waals surface area contributed by atoms with Gasteiger partial charge in [-0.1, -0.05) is 11.2 Å². The van der Waals surface area contributed by atoms with Crippen LogP contribution in [0.2, 0.25) is 0 Å². The van der Waals surface area contributed by atoms with Crippen LogP contribution in [-0.4, -0.2) is 40.3 Å². The van der Waals surface area contributed by atoms with Crippen molar-refractivity contribution >= 4 is 11.9 Å². The van der Waals surface area contributed by atoms with Gasteiger partial charge in [0, 0.05) is 25.2 Å². The maximum atomic E-state index is 12.5. The second kappa shape index (κ2) is 8.92. The average molecular weight is 499 g/mol. The Morgan fingerprint density at radius 2 is 1.92 bits per heavy atom. The summed E-state index contributed by atoms with van der Waals surface area (Å²) in [7, 11) is 1.63. The first-order chi connectivity index (χ1) is 17.2. The average Bonchev–Trinajstić information content (AvgIpc) is 3.43. The molecule has 188 valence electrons. The van der Waals surface area contributed by atoms with Crippen molar-refractivity contribution in [2.75, 3.05) is 13.7 Å². The van der Waals surface area contributed by atoms with Gasteiger partial charge in [-0.25, -0.2) is 4.98 Å². The SMILES string of the molecule is COc1cc(/C=C2\CCCN3C2=NOC3(C)c2ccc(OC(F)(F)F)cc2)ccc1-n1cnc(C)c1. The van der Waals surface area contributed by atoms with E-state index in [4.69, 9.17) is 9.57 Å². The lowest BCUT2D eigenvalue weighted by Crippen LogP contribution is -2.46. The number of benzene rings is 2. The van der Waals surface area contributed by atoms with Crippen LogP contribution in [0.4, 0.5) is 13.2 Å². The molecular weight excluding hydrogens is 473 g/mol. The van der Waals surface area contributed by atoms with Gasteiger partial charge in [0.1, 0.15) is 11.5 Å². The van der Waals surface area contributed by atoms with Crippen molar-refractivity contribution in [2.45, 2.75) is 38.8 Å². The summed E-state index contributed by atoms with van der Waals surface area (Å²) in [6.07, 6.45) is 2.70. The molecule has 0 radical (unpaired) electrons. The third kappa shape index (κ3) is 4.50. The number of nitrogens with zero attached hydrogens (tertiary/aromatic N) is 4. The van der Waals surface area contributed by atoms with Crippen molar-refractivity contribution in [1.29, 1.82) is 0 Å². The predicted octanol–water partition coefficient (Wildman–Crippen LogP) is 5.78. The lowest BCUT2D eigenvalue weighted by Gasteiger charge is -2.37. The van der Waals surface area contributed by atoms with Gasteiger partial charge in [-0.15, -0.1) is 13.2 Å². The highest BCUT2D eigenvalue weighted by atomic mass is 19.4. The van der Waals surface area contributed by atoms with Crippen LogP contribution >= 0.6 is 0 Å². The van der Waals surface area contributed by atoms with E-state index in [-0.39, 0.29) is 5.75 Å². The molecule has 7 nitrogen and oxygen atoms in total. The summed E-state index contributed by atoms with van der Waals surface area (Å²) >= 11 is 0. The first kappa shape index (κ1) is 23.8. The van der Waals surface area contributed by atoms with E-state index in [0.29, 0.717) is 23.7 Å². The summed E-state index contributed by atoms with van der Waals surface area (Å²) in [5.74, 6) is 1.15. The quantitative estimate of drug-likeness (QED) is 0.446. The molecule has 2 aliphatic rings. The number of methoxy groups -OCH3 is 1. The van der Waals surface area contributed by atoms with Gasteiger partial charge >= 0.3 is 6.36 Å². The fraction of sp³-hybridized carbons (Fsp3) is 0.308. The molecule has 2 aromatic carbocycles. The zero-order valence-corrected chi connectivity index (χ0v) is 20.0. The van der Waals surface area contributed by atoms with E-state index in [1.165, 1.54) is 12.1 Å². The van der Waals surface area contributed by atoms with Crippen LogP contribution in [0.1, 0.15) is 36.6 Å². The molecule has 0 saturated carbocycles. The molecule has 1 unspecified atom stereocenters. The summed E-state index contributed by atoms with van der Waals surface area (Å²) < 4.78 is 49.1. The number of amidine groups is 1. The lowest BCUT2D eigenvalue weighted by molar-refractivity contribution is -0.274. The van der Waals surface area contributed by atoms with Gasteiger partial charge < -0.3 is 23.8 Å². The Hall–Kier alpha value is -3.95. The van der Waals surface area contributed by atoms with Gasteiger partial charge in [-0.2, -0.15) is 0 Å². The summed E-state index contributed by atoms with van der Waals surface area (Å²) in [5, 5.41) is 4.38. The molecule has 1 saturated heterocycles. The maximum Gasteiger partial charge on any atom is 0.573 e. The van der Waals surface area contributed by atoms with Crippen LogP contribution in [0.5, 0.6) is 11.5 Å². The molecule has 0 N–H and O–H groups in total. The van der Waals surface area contributed by atoms with Crippen LogP contribution in [0.3, 0.4) is 0 Å². The van der Waals surface area contributed by atoms with Crippen LogP contribution < -0.4 is 9.47 Å². The molecule has 1 aromatic heterocycles. The van der Waals surface area contributed by atoms with E-state index in [2.05, 4.69) is 21.0 Å². The fourth-order valence-electron chi connectivity index (χ4n) is 4.59. The minimum atomic E-state index is -4.74. The summed E-state index contributed by atoms with van der Waals surface area (Å²) in [6.45, 7) is 4.49. The first-order valence-corrected chi connectivity index (χ1v) is 11.5. The number of piperidine rings is 1. The van der Waals surface area contributed by atoms with Crippen LogP contribution in [0.25, 0.3) is 11.8 Å². The van der Waals surface area contributed by atoms with Crippen molar-refractivity contribution < 1.29 is 27.5 Å². The Morgan fingerprint density at radius 1 is 1.14 bits per heavy atom. The third-order valence-corrected chi connectivity index (χ3v) is 6.35.